The number of nitrogens with zero attached hydrogens (tertiary/aromatic N) is 1. The monoisotopic (exact) mass is 449 g/mol. The van der Waals surface area contributed by atoms with Crippen LogP contribution in [0.4, 0.5) is 9.18 Å². The quantitative estimate of drug-likeness (QED) is 0.586. The van der Waals surface area contributed by atoms with Crippen LogP contribution in [0.15, 0.2) is 66.0 Å². The summed E-state index contributed by atoms with van der Waals surface area (Å²) in [6, 6.07) is 16.1. The molecule has 0 radical (unpaired) electrons. The number of hydrogen-bond acceptors (Lipinski definition) is 4. The molecule has 1 aromatic heterocycles. The van der Waals surface area contributed by atoms with Crippen LogP contribution in [0.3, 0.4) is 0 Å². The van der Waals surface area contributed by atoms with Gasteiger partial charge >= 0.3 is 6.03 Å². The van der Waals surface area contributed by atoms with Crippen molar-refractivity contribution >= 4 is 29.2 Å². The number of benzene rings is 2. The Labute approximate surface area is 188 Å². The Morgan fingerprint density at radius 1 is 1.12 bits per heavy atom. The first-order valence-corrected chi connectivity index (χ1v) is 11.2. The molecule has 1 aliphatic heterocycles. The van der Waals surface area contributed by atoms with Crippen LogP contribution >= 0.6 is 11.3 Å². The Balaban J connectivity index is 1.36. The van der Waals surface area contributed by atoms with Gasteiger partial charge in [-0.1, -0.05) is 42.5 Å². The van der Waals surface area contributed by atoms with Gasteiger partial charge < -0.3 is 10.6 Å². The summed E-state index contributed by atoms with van der Waals surface area (Å²) in [6.45, 7) is -0.391. The molecule has 4 amide bonds. The molecule has 1 spiro atoms. The van der Waals surface area contributed by atoms with Crippen LogP contribution in [0.2, 0.25) is 0 Å². The summed E-state index contributed by atoms with van der Waals surface area (Å²) >= 11 is 1.46. The van der Waals surface area contributed by atoms with Gasteiger partial charge in [0.2, 0.25) is 5.91 Å². The number of halogens is 1. The van der Waals surface area contributed by atoms with Crippen LogP contribution in [0.25, 0.3) is 0 Å². The van der Waals surface area contributed by atoms with Gasteiger partial charge in [-0.15, -0.1) is 11.3 Å². The third-order valence-electron chi connectivity index (χ3n) is 6.06. The fourth-order valence-electron chi connectivity index (χ4n) is 4.51. The van der Waals surface area contributed by atoms with Gasteiger partial charge in [0.05, 0.1) is 6.04 Å². The Morgan fingerprint density at radius 3 is 2.66 bits per heavy atom. The van der Waals surface area contributed by atoms with Gasteiger partial charge in [-0.3, -0.25) is 14.5 Å². The Kier molecular flexibility index (Phi) is 5.01. The third kappa shape index (κ3) is 3.36. The van der Waals surface area contributed by atoms with Crippen LogP contribution in [0.5, 0.6) is 0 Å². The number of rotatable bonds is 5. The van der Waals surface area contributed by atoms with Crippen molar-refractivity contribution in [3.05, 3.63) is 93.4 Å². The predicted octanol–water partition coefficient (Wildman–Crippen LogP) is 3.49. The van der Waals surface area contributed by atoms with E-state index < -0.39 is 36.0 Å². The molecule has 6 nitrogen and oxygen atoms in total. The zero-order valence-corrected chi connectivity index (χ0v) is 17.8. The van der Waals surface area contributed by atoms with Crippen molar-refractivity contribution in [2.45, 2.75) is 24.4 Å². The highest BCUT2D eigenvalue weighted by Crippen LogP contribution is 2.41. The number of amides is 4. The molecule has 1 saturated heterocycles. The molecule has 1 fully saturated rings. The van der Waals surface area contributed by atoms with E-state index in [1.165, 1.54) is 23.5 Å². The summed E-state index contributed by atoms with van der Waals surface area (Å²) in [5, 5.41) is 7.61. The van der Waals surface area contributed by atoms with E-state index >= 15 is 0 Å². The zero-order chi connectivity index (χ0) is 22.3. The molecule has 1 aliphatic carbocycles. The molecular weight excluding hydrogens is 429 g/mol. The number of fused-ring (bicyclic) bond motifs is 2. The Bertz CT molecular complexity index is 1200. The molecule has 0 bridgehead atoms. The number of carbonyl (C=O) groups excluding carboxylic acids is 3. The van der Waals surface area contributed by atoms with E-state index in [0.29, 0.717) is 18.4 Å². The third-order valence-corrected chi connectivity index (χ3v) is 7.00. The minimum atomic E-state index is -1.10. The number of imide groups is 1. The van der Waals surface area contributed by atoms with Gasteiger partial charge in [0.1, 0.15) is 17.9 Å². The van der Waals surface area contributed by atoms with Gasteiger partial charge in [-0.05, 0) is 53.1 Å². The fourth-order valence-corrected chi connectivity index (χ4v) is 5.32. The fraction of sp³-hybridized carbons (Fsp3) is 0.208. The molecule has 0 saturated carbocycles. The van der Waals surface area contributed by atoms with Crippen molar-refractivity contribution < 1.29 is 18.8 Å². The second-order valence-corrected chi connectivity index (χ2v) is 8.93. The van der Waals surface area contributed by atoms with E-state index in [1.54, 1.807) is 12.1 Å². The van der Waals surface area contributed by atoms with Gasteiger partial charge in [-0.25, -0.2) is 9.18 Å². The second kappa shape index (κ2) is 7.87. The molecule has 162 valence electrons. The summed E-state index contributed by atoms with van der Waals surface area (Å²) in [4.78, 5) is 40.7. The largest absolute Gasteiger partial charge is 0.343 e. The van der Waals surface area contributed by atoms with Crippen molar-refractivity contribution in [1.82, 2.24) is 15.5 Å². The molecule has 2 heterocycles. The molecule has 0 unspecified atom stereocenters. The Hall–Kier alpha value is -3.52. The SMILES string of the molecule is O=C(CN1C(=O)N[C@@]2(CCc3ccccc32)C1=O)N[C@H](c1ccc(F)cc1)c1cccs1. The lowest BCUT2D eigenvalue weighted by molar-refractivity contribution is -0.135. The molecule has 8 heteroatoms. The first-order chi connectivity index (χ1) is 15.5. The maximum atomic E-state index is 13.4. The second-order valence-electron chi connectivity index (χ2n) is 7.95. The summed E-state index contributed by atoms with van der Waals surface area (Å²) < 4.78 is 13.4. The van der Waals surface area contributed by atoms with Gasteiger partial charge in [0.15, 0.2) is 0 Å². The van der Waals surface area contributed by atoms with E-state index in [-0.39, 0.29) is 5.82 Å². The van der Waals surface area contributed by atoms with Gasteiger partial charge in [0.25, 0.3) is 5.91 Å². The van der Waals surface area contributed by atoms with E-state index in [9.17, 15) is 18.8 Å². The smallest absolute Gasteiger partial charge is 0.325 e. The maximum Gasteiger partial charge on any atom is 0.325 e. The van der Waals surface area contributed by atoms with Gasteiger partial charge in [-0.2, -0.15) is 0 Å². The summed E-state index contributed by atoms with van der Waals surface area (Å²) in [6.07, 6.45) is 1.16. The lowest BCUT2D eigenvalue weighted by atomic mass is 9.92. The van der Waals surface area contributed by atoms with Crippen LogP contribution < -0.4 is 10.6 Å². The summed E-state index contributed by atoms with van der Waals surface area (Å²) in [5.74, 6) is -1.25. The molecule has 32 heavy (non-hydrogen) atoms. The van der Waals surface area contributed by atoms with Crippen molar-refractivity contribution in [3.8, 4) is 0 Å². The van der Waals surface area contributed by atoms with E-state index in [1.807, 2.05) is 41.8 Å². The molecule has 2 N–H and O–H groups in total. The van der Waals surface area contributed by atoms with Crippen LogP contribution in [0.1, 0.15) is 34.0 Å². The number of aryl methyl sites for hydroxylation is 1. The summed E-state index contributed by atoms with van der Waals surface area (Å²) in [5.41, 5.74) is 1.43. The van der Waals surface area contributed by atoms with Crippen LogP contribution in [-0.4, -0.2) is 29.3 Å². The number of urea groups is 1. The number of nitrogens with one attached hydrogen (secondary N) is 2. The van der Waals surface area contributed by atoms with Crippen LogP contribution in [-0.2, 0) is 21.5 Å². The average Bonchev–Trinajstić information content (AvgIpc) is 3.50. The first kappa shape index (κ1) is 20.4. The lowest BCUT2D eigenvalue weighted by Crippen LogP contribution is -2.44. The maximum absolute atomic E-state index is 13.4. The Morgan fingerprint density at radius 2 is 1.91 bits per heavy atom. The minimum absolute atomic E-state index is 0.369. The molecular formula is C24H20FN3O3S. The molecule has 3 aromatic rings. The van der Waals surface area contributed by atoms with Crippen molar-refractivity contribution in [2.24, 2.45) is 0 Å². The van der Waals surface area contributed by atoms with E-state index in [0.717, 1.165) is 20.9 Å². The van der Waals surface area contributed by atoms with E-state index in [4.69, 9.17) is 0 Å². The molecule has 2 atom stereocenters. The predicted molar refractivity (Wildman–Crippen MR) is 117 cm³/mol. The highest BCUT2D eigenvalue weighted by Gasteiger charge is 2.55. The molecule has 2 aliphatic rings. The van der Waals surface area contributed by atoms with Crippen LogP contribution in [0, 0.1) is 5.82 Å². The molecule has 5 rings (SSSR count). The highest BCUT2D eigenvalue weighted by molar-refractivity contribution is 7.10. The minimum Gasteiger partial charge on any atom is -0.343 e. The normalized spacial score (nSPS) is 20.3. The van der Waals surface area contributed by atoms with Crippen molar-refractivity contribution in [3.63, 3.8) is 0 Å². The molecule has 2 aromatic carbocycles. The van der Waals surface area contributed by atoms with Crippen molar-refractivity contribution in [1.29, 1.82) is 0 Å². The average molecular weight is 450 g/mol. The number of hydrogen-bond donors (Lipinski definition) is 2. The highest BCUT2D eigenvalue weighted by atomic mass is 32.1. The number of thiophene rings is 1. The van der Waals surface area contributed by atoms with E-state index in [2.05, 4.69) is 10.6 Å². The lowest BCUT2D eigenvalue weighted by Gasteiger charge is -2.23. The summed E-state index contributed by atoms with van der Waals surface area (Å²) in [7, 11) is 0. The van der Waals surface area contributed by atoms with Gasteiger partial charge in [0, 0.05) is 4.88 Å². The zero-order valence-electron chi connectivity index (χ0n) is 17.0. The van der Waals surface area contributed by atoms with Crippen molar-refractivity contribution in [2.75, 3.05) is 6.54 Å². The first-order valence-electron chi connectivity index (χ1n) is 10.3. The standard InChI is InChI=1S/C24H20FN3O3S/c25-17-9-7-16(8-10-17)21(19-6-3-13-32-19)26-20(29)14-28-22(30)24(27-23(28)31)12-11-15-4-1-2-5-18(15)24/h1-10,13,21H,11-12,14H2,(H,26,29)(H,27,31)/t21-,24-/m1/s1. The number of carbonyl (C=O) groups is 3. The topological polar surface area (TPSA) is 78.5 Å².